The lowest BCUT2D eigenvalue weighted by atomic mass is 10.1. The number of nitrogens with one attached hydrogen (secondary N) is 1. The maximum absolute atomic E-state index is 11.9. The molecule has 1 aromatic heterocycles. The minimum Gasteiger partial charge on any atom is -0.352 e. The van der Waals surface area contributed by atoms with E-state index >= 15 is 0 Å². The van der Waals surface area contributed by atoms with E-state index in [1.54, 1.807) is 0 Å². The van der Waals surface area contributed by atoms with Gasteiger partial charge in [-0.25, -0.2) is 0 Å². The molecule has 1 unspecified atom stereocenters. The highest BCUT2D eigenvalue weighted by Gasteiger charge is 2.29. The van der Waals surface area contributed by atoms with Crippen molar-refractivity contribution < 1.29 is 4.79 Å². The largest absolute Gasteiger partial charge is 0.352 e. The molecule has 2 rings (SSSR count). The molecule has 1 saturated carbocycles. The molecule has 4 heteroatoms. The third-order valence-corrected chi connectivity index (χ3v) is 3.97. The fraction of sp³-hybridized carbons (Fsp3) is 0.667. The zero-order valence-corrected chi connectivity index (χ0v) is 11.9. The predicted octanol–water partition coefficient (Wildman–Crippen LogP) is 2.20. The molecular formula is C15H25N3O. The number of nitrogens with two attached hydrogens (primary N) is 1. The summed E-state index contributed by atoms with van der Waals surface area (Å²) < 4.78 is 1.93. The number of carbonyl (C=O) groups excluding carboxylic acids is 1. The quantitative estimate of drug-likeness (QED) is 0.792. The average Bonchev–Trinajstić information content (AvgIpc) is 3.15. The highest BCUT2D eigenvalue weighted by atomic mass is 16.2. The van der Waals surface area contributed by atoms with Crippen molar-refractivity contribution in [2.45, 2.75) is 58.2 Å². The minimum atomic E-state index is 0.0795. The van der Waals surface area contributed by atoms with E-state index in [0.717, 1.165) is 18.4 Å². The van der Waals surface area contributed by atoms with E-state index in [1.165, 1.54) is 12.8 Å². The molecule has 0 aromatic carbocycles. The summed E-state index contributed by atoms with van der Waals surface area (Å²) >= 11 is 0. The molecule has 0 bridgehead atoms. The third-order valence-electron chi connectivity index (χ3n) is 3.97. The van der Waals surface area contributed by atoms with Crippen LogP contribution in [0.1, 0.15) is 51.1 Å². The fourth-order valence-electron chi connectivity index (χ4n) is 2.41. The van der Waals surface area contributed by atoms with Gasteiger partial charge in [0.1, 0.15) is 6.54 Å². The first-order chi connectivity index (χ1) is 9.13. The molecule has 1 heterocycles. The van der Waals surface area contributed by atoms with Gasteiger partial charge in [-0.05, 0) is 43.2 Å². The van der Waals surface area contributed by atoms with Gasteiger partial charge < -0.3 is 15.6 Å². The van der Waals surface area contributed by atoms with Gasteiger partial charge in [0.25, 0.3) is 0 Å². The van der Waals surface area contributed by atoms with Crippen molar-refractivity contribution in [2.24, 2.45) is 11.7 Å². The molecule has 1 amide bonds. The van der Waals surface area contributed by atoms with E-state index < -0.39 is 0 Å². The molecule has 0 radical (unpaired) electrons. The SMILES string of the molecule is CCC(CC)NC(=O)Cn1ccc(C(N)C2CC2)c1. The highest BCUT2D eigenvalue weighted by Crippen LogP contribution is 2.39. The number of amides is 1. The lowest BCUT2D eigenvalue weighted by molar-refractivity contribution is -0.122. The van der Waals surface area contributed by atoms with Crippen LogP contribution in [-0.2, 0) is 11.3 Å². The Morgan fingerprint density at radius 1 is 1.47 bits per heavy atom. The van der Waals surface area contributed by atoms with Crippen molar-refractivity contribution >= 4 is 5.91 Å². The van der Waals surface area contributed by atoms with Crippen LogP contribution in [0.5, 0.6) is 0 Å². The van der Waals surface area contributed by atoms with Gasteiger partial charge in [-0.3, -0.25) is 4.79 Å². The van der Waals surface area contributed by atoms with Crippen LogP contribution in [0.15, 0.2) is 18.5 Å². The second kappa shape index (κ2) is 6.24. The van der Waals surface area contributed by atoms with Crippen LogP contribution >= 0.6 is 0 Å². The predicted molar refractivity (Wildman–Crippen MR) is 76.6 cm³/mol. The summed E-state index contributed by atoms with van der Waals surface area (Å²) in [5.74, 6) is 0.727. The smallest absolute Gasteiger partial charge is 0.240 e. The van der Waals surface area contributed by atoms with Crippen molar-refractivity contribution in [3.8, 4) is 0 Å². The van der Waals surface area contributed by atoms with Gasteiger partial charge in [0, 0.05) is 24.5 Å². The second-order valence-corrected chi connectivity index (χ2v) is 5.56. The van der Waals surface area contributed by atoms with E-state index in [9.17, 15) is 4.79 Å². The standard InChI is InChI=1S/C15H25N3O/c1-3-13(4-2)17-14(19)10-18-8-7-12(9-18)15(16)11-5-6-11/h7-9,11,13,15H,3-6,10,16H2,1-2H3,(H,17,19). The van der Waals surface area contributed by atoms with Crippen LogP contribution in [-0.4, -0.2) is 16.5 Å². The van der Waals surface area contributed by atoms with Gasteiger partial charge in [0.15, 0.2) is 0 Å². The molecule has 1 aliphatic rings. The third kappa shape index (κ3) is 3.83. The van der Waals surface area contributed by atoms with Crippen molar-refractivity contribution in [3.63, 3.8) is 0 Å². The van der Waals surface area contributed by atoms with E-state index in [2.05, 4.69) is 19.2 Å². The number of rotatable bonds is 7. The summed E-state index contributed by atoms with van der Waals surface area (Å²) in [6.45, 7) is 4.57. The molecule has 0 saturated heterocycles. The maximum atomic E-state index is 11.9. The van der Waals surface area contributed by atoms with Crippen molar-refractivity contribution in [1.29, 1.82) is 0 Å². The van der Waals surface area contributed by atoms with Crippen LogP contribution in [0.3, 0.4) is 0 Å². The summed E-state index contributed by atoms with van der Waals surface area (Å²) in [7, 11) is 0. The maximum Gasteiger partial charge on any atom is 0.240 e. The summed E-state index contributed by atoms with van der Waals surface area (Å²) in [5, 5.41) is 3.05. The Hall–Kier alpha value is -1.29. The number of nitrogens with zero attached hydrogens (tertiary/aromatic N) is 1. The zero-order valence-electron chi connectivity index (χ0n) is 11.9. The van der Waals surface area contributed by atoms with Crippen molar-refractivity contribution in [2.75, 3.05) is 0 Å². The summed E-state index contributed by atoms with van der Waals surface area (Å²) in [5.41, 5.74) is 7.31. The molecule has 1 atom stereocenters. The Morgan fingerprint density at radius 2 is 2.16 bits per heavy atom. The first-order valence-electron chi connectivity index (χ1n) is 7.34. The van der Waals surface area contributed by atoms with Crippen molar-refractivity contribution in [1.82, 2.24) is 9.88 Å². The number of carbonyl (C=O) groups is 1. The van der Waals surface area contributed by atoms with E-state index in [1.807, 2.05) is 23.0 Å². The minimum absolute atomic E-state index is 0.0795. The molecule has 106 valence electrons. The van der Waals surface area contributed by atoms with E-state index in [0.29, 0.717) is 12.5 Å². The molecular weight excluding hydrogens is 238 g/mol. The lowest BCUT2D eigenvalue weighted by Gasteiger charge is -2.15. The van der Waals surface area contributed by atoms with Gasteiger partial charge in [-0.2, -0.15) is 0 Å². The van der Waals surface area contributed by atoms with Crippen molar-refractivity contribution in [3.05, 3.63) is 24.0 Å². The molecule has 4 nitrogen and oxygen atoms in total. The van der Waals surface area contributed by atoms with Gasteiger partial charge in [-0.1, -0.05) is 13.8 Å². The highest BCUT2D eigenvalue weighted by molar-refractivity contribution is 5.76. The molecule has 1 aliphatic carbocycles. The van der Waals surface area contributed by atoms with Gasteiger partial charge in [0.05, 0.1) is 0 Å². The van der Waals surface area contributed by atoms with Gasteiger partial charge in [-0.15, -0.1) is 0 Å². The Morgan fingerprint density at radius 3 is 2.74 bits per heavy atom. The van der Waals surface area contributed by atoms with Crippen LogP contribution in [0.4, 0.5) is 0 Å². The first kappa shape index (κ1) is 14.1. The molecule has 0 spiro atoms. The Kier molecular flexibility index (Phi) is 4.64. The monoisotopic (exact) mass is 263 g/mol. The molecule has 3 N–H and O–H groups in total. The average molecular weight is 263 g/mol. The first-order valence-corrected chi connectivity index (χ1v) is 7.34. The van der Waals surface area contributed by atoms with Crippen LogP contribution < -0.4 is 11.1 Å². The van der Waals surface area contributed by atoms with Gasteiger partial charge in [0.2, 0.25) is 5.91 Å². The fourth-order valence-corrected chi connectivity index (χ4v) is 2.41. The van der Waals surface area contributed by atoms with Crippen LogP contribution in [0, 0.1) is 5.92 Å². The number of hydrogen-bond acceptors (Lipinski definition) is 2. The number of aromatic nitrogens is 1. The topological polar surface area (TPSA) is 60.0 Å². The Bertz CT molecular complexity index is 419. The molecule has 1 fully saturated rings. The van der Waals surface area contributed by atoms with Gasteiger partial charge >= 0.3 is 0 Å². The van der Waals surface area contributed by atoms with Crippen LogP contribution in [0.25, 0.3) is 0 Å². The molecule has 1 aromatic rings. The molecule has 19 heavy (non-hydrogen) atoms. The normalized spacial score (nSPS) is 16.6. The molecule has 0 aliphatic heterocycles. The summed E-state index contributed by atoms with van der Waals surface area (Å²) in [4.78, 5) is 11.9. The summed E-state index contributed by atoms with van der Waals surface area (Å²) in [6.07, 6.45) is 8.39. The Labute approximate surface area is 115 Å². The van der Waals surface area contributed by atoms with Crippen LogP contribution in [0.2, 0.25) is 0 Å². The zero-order chi connectivity index (χ0) is 13.8. The van der Waals surface area contributed by atoms with E-state index in [-0.39, 0.29) is 18.0 Å². The number of hydrogen-bond donors (Lipinski definition) is 2. The summed E-state index contributed by atoms with van der Waals surface area (Å²) in [6, 6.07) is 2.47. The lowest BCUT2D eigenvalue weighted by Crippen LogP contribution is -2.36. The van der Waals surface area contributed by atoms with E-state index in [4.69, 9.17) is 5.73 Å². The Balaban J connectivity index is 1.86. The second-order valence-electron chi connectivity index (χ2n) is 5.56.